The molecule has 0 aromatic carbocycles. The van der Waals surface area contributed by atoms with E-state index in [0.717, 1.165) is 77.4 Å². The van der Waals surface area contributed by atoms with Gasteiger partial charge < -0.3 is 38.4 Å². The number of carbonyl (C=O) groups excluding carboxylic acids is 2. The van der Waals surface area contributed by atoms with Gasteiger partial charge in [0.1, 0.15) is 0 Å². The van der Waals surface area contributed by atoms with Crippen molar-refractivity contribution in [3.05, 3.63) is 0 Å². The second-order valence-electron chi connectivity index (χ2n) is 20.1. The van der Waals surface area contributed by atoms with Crippen molar-refractivity contribution in [3.63, 3.8) is 0 Å². The van der Waals surface area contributed by atoms with Gasteiger partial charge in [-0.05, 0) is 76.2 Å². The Hall–Kier alpha value is -1.30. The summed E-state index contributed by atoms with van der Waals surface area (Å²) in [5.41, 5.74) is 0. The minimum Gasteiger partial charge on any atom is -0.466 e. The highest BCUT2D eigenvalue weighted by Gasteiger charge is 2.27. The standard InChI is InChI=1S/C57H111NO9/c1-5-9-13-17-21-25-31-43-64-56(65-44-32-26-22-18-14-10-6-2)37-35-54(60)62-47-39-52-49-53(51-58(50-52)41-29-30-42-59)40-48-63-55(61)36-38-57(66-45-33-27-23-19-15-11-7-3)67-46-34-28-24-20-16-12-8-4/h52-53,56-57,59H,5-51H2,1-4H3. The maximum absolute atomic E-state index is 13.0. The van der Waals surface area contributed by atoms with Gasteiger partial charge in [-0.25, -0.2) is 0 Å². The minimum atomic E-state index is -0.365. The SMILES string of the molecule is CCCCCCCCCOC(CCC(=O)OCCC1CC(CCOC(=O)CCC(OCCCCCCCCC)OCCCCCCCCC)CN(CCCCO)C1)OCCCCCCCCC. The summed E-state index contributed by atoms with van der Waals surface area (Å²) in [4.78, 5) is 28.5. The van der Waals surface area contributed by atoms with Crippen LogP contribution < -0.4 is 0 Å². The highest BCUT2D eigenvalue weighted by atomic mass is 16.7. The van der Waals surface area contributed by atoms with Crippen molar-refractivity contribution in [1.82, 2.24) is 4.90 Å². The fourth-order valence-electron chi connectivity index (χ4n) is 9.29. The van der Waals surface area contributed by atoms with Crippen molar-refractivity contribution in [2.24, 2.45) is 11.8 Å². The summed E-state index contributed by atoms with van der Waals surface area (Å²) in [6.07, 6.45) is 39.9. The fourth-order valence-corrected chi connectivity index (χ4v) is 9.29. The molecule has 10 nitrogen and oxygen atoms in total. The van der Waals surface area contributed by atoms with Crippen LogP contribution in [0.2, 0.25) is 0 Å². The van der Waals surface area contributed by atoms with Gasteiger partial charge >= 0.3 is 11.9 Å². The summed E-state index contributed by atoms with van der Waals surface area (Å²) in [6.45, 7) is 15.6. The highest BCUT2D eigenvalue weighted by Crippen LogP contribution is 2.27. The number of piperidine rings is 1. The molecule has 398 valence electrons. The van der Waals surface area contributed by atoms with Crippen LogP contribution in [0.1, 0.15) is 265 Å². The van der Waals surface area contributed by atoms with E-state index in [1.165, 1.54) is 154 Å². The quantitative estimate of drug-likeness (QED) is 0.0359. The molecule has 0 saturated carbocycles. The summed E-state index contributed by atoms with van der Waals surface area (Å²) in [6, 6.07) is 0. The van der Waals surface area contributed by atoms with Gasteiger partial charge in [0, 0.05) is 59.0 Å². The lowest BCUT2D eigenvalue weighted by atomic mass is 9.85. The molecule has 0 aromatic heterocycles. The van der Waals surface area contributed by atoms with Crippen molar-refractivity contribution >= 4 is 11.9 Å². The first-order valence-corrected chi connectivity index (χ1v) is 29.1. The van der Waals surface area contributed by atoms with E-state index in [1.807, 2.05) is 0 Å². The van der Waals surface area contributed by atoms with Crippen molar-refractivity contribution in [2.75, 3.05) is 65.9 Å². The Bertz CT molecular complexity index is 935. The van der Waals surface area contributed by atoms with E-state index in [4.69, 9.17) is 28.4 Å². The highest BCUT2D eigenvalue weighted by molar-refractivity contribution is 5.69. The maximum atomic E-state index is 13.0. The van der Waals surface area contributed by atoms with Crippen molar-refractivity contribution in [1.29, 1.82) is 0 Å². The van der Waals surface area contributed by atoms with Crippen LogP contribution in [0.5, 0.6) is 0 Å². The molecule has 1 fully saturated rings. The van der Waals surface area contributed by atoms with E-state index in [1.54, 1.807) is 0 Å². The number of likely N-dealkylation sites (tertiary alicyclic amines) is 1. The minimum absolute atomic E-state index is 0.184. The van der Waals surface area contributed by atoms with E-state index in [-0.39, 0.29) is 31.1 Å². The van der Waals surface area contributed by atoms with Crippen molar-refractivity contribution < 1.29 is 43.1 Å². The molecule has 0 amide bonds. The van der Waals surface area contributed by atoms with E-state index in [0.29, 0.717) is 77.2 Å². The number of aliphatic hydroxyl groups excluding tert-OH is 1. The summed E-state index contributed by atoms with van der Waals surface area (Å²) in [5.74, 6) is 0.415. The number of esters is 2. The third-order valence-electron chi connectivity index (χ3n) is 13.5. The lowest BCUT2D eigenvalue weighted by Gasteiger charge is -2.38. The number of rotatable bonds is 52. The number of nitrogens with zero attached hydrogens (tertiary/aromatic N) is 1. The normalized spacial score (nSPS) is 15.6. The number of carbonyl (C=O) groups is 2. The first-order valence-electron chi connectivity index (χ1n) is 29.1. The van der Waals surface area contributed by atoms with Crippen LogP contribution in [-0.2, 0) is 38.0 Å². The molecule has 2 atom stereocenters. The lowest BCUT2D eigenvalue weighted by molar-refractivity contribution is -0.159. The molecule has 1 rings (SSSR count). The maximum Gasteiger partial charge on any atom is 0.305 e. The summed E-state index contributed by atoms with van der Waals surface area (Å²) < 4.78 is 36.4. The van der Waals surface area contributed by atoms with Crippen LogP contribution >= 0.6 is 0 Å². The Balaban J connectivity index is 2.57. The van der Waals surface area contributed by atoms with Gasteiger partial charge in [-0.2, -0.15) is 0 Å². The number of hydrogen-bond donors (Lipinski definition) is 1. The van der Waals surface area contributed by atoms with Crippen LogP contribution in [0.15, 0.2) is 0 Å². The molecule has 1 aliphatic heterocycles. The van der Waals surface area contributed by atoms with Crippen molar-refractivity contribution in [3.8, 4) is 0 Å². The molecule has 67 heavy (non-hydrogen) atoms. The third kappa shape index (κ3) is 42.1. The molecule has 0 radical (unpaired) electrons. The van der Waals surface area contributed by atoms with Gasteiger partial charge in [0.2, 0.25) is 0 Å². The van der Waals surface area contributed by atoms with Gasteiger partial charge in [0.05, 0.1) is 26.1 Å². The number of aliphatic hydroxyl groups is 1. The molecule has 10 heteroatoms. The molecule has 0 aromatic rings. The molecule has 0 bridgehead atoms. The Kier molecular flexibility index (Phi) is 47.2. The summed E-state index contributed by atoms with van der Waals surface area (Å²) >= 11 is 0. The van der Waals surface area contributed by atoms with Crippen molar-refractivity contribution in [2.45, 2.75) is 278 Å². The molecule has 1 N–H and O–H groups in total. The Morgan fingerprint density at radius 2 is 0.746 bits per heavy atom. The van der Waals surface area contributed by atoms with E-state index >= 15 is 0 Å². The predicted molar refractivity (Wildman–Crippen MR) is 277 cm³/mol. The zero-order valence-electron chi connectivity index (χ0n) is 44.7. The topological polar surface area (TPSA) is 113 Å². The molecule has 0 aliphatic carbocycles. The lowest BCUT2D eigenvalue weighted by Crippen LogP contribution is -2.41. The van der Waals surface area contributed by atoms with Crippen LogP contribution in [0.25, 0.3) is 0 Å². The second-order valence-corrected chi connectivity index (χ2v) is 20.1. The van der Waals surface area contributed by atoms with E-state index in [9.17, 15) is 14.7 Å². The molecule has 2 unspecified atom stereocenters. The zero-order chi connectivity index (χ0) is 48.5. The van der Waals surface area contributed by atoms with E-state index in [2.05, 4.69) is 32.6 Å². The Morgan fingerprint density at radius 1 is 0.433 bits per heavy atom. The molecular weight excluding hydrogens is 843 g/mol. The number of ether oxygens (including phenoxy) is 6. The first-order chi connectivity index (χ1) is 32.9. The van der Waals surface area contributed by atoms with Crippen LogP contribution in [0, 0.1) is 11.8 Å². The number of unbranched alkanes of at least 4 members (excludes halogenated alkanes) is 25. The van der Waals surface area contributed by atoms with Gasteiger partial charge in [-0.3, -0.25) is 9.59 Å². The fraction of sp³-hybridized carbons (Fsp3) is 0.965. The monoisotopic (exact) mass is 954 g/mol. The first kappa shape index (κ1) is 63.7. The van der Waals surface area contributed by atoms with Crippen LogP contribution in [-0.4, -0.2) is 100 Å². The molecule has 1 heterocycles. The molecule has 1 aliphatic rings. The van der Waals surface area contributed by atoms with Crippen LogP contribution in [0.4, 0.5) is 0 Å². The Morgan fingerprint density at radius 3 is 1.06 bits per heavy atom. The molecular formula is C57H111NO9. The molecule has 1 saturated heterocycles. The van der Waals surface area contributed by atoms with Gasteiger partial charge in [0.25, 0.3) is 0 Å². The van der Waals surface area contributed by atoms with Crippen LogP contribution in [0.3, 0.4) is 0 Å². The average Bonchev–Trinajstić information content (AvgIpc) is 3.32. The zero-order valence-corrected chi connectivity index (χ0v) is 44.7. The molecule has 0 spiro atoms. The van der Waals surface area contributed by atoms with E-state index < -0.39 is 0 Å². The summed E-state index contributed by atoms with van der Waals surface area (Å²) in [5, 5.41) is 9.43. The second kappa shape index (κ2) is 49.7. The Labute approximate surface area is 414 Å². The predicted octanol–water partition coefficient (Wildman–Crippen LogP) is 14.8. The third-order valence-corrected chi connectivity index (χ3v) is 13.5. The summed E-state index contributed by atoms with van der Waals surface area (Å²) in [7, 11) is 0. The van der Waals surface area contributed by atoms with Gasteiger partial charge in [-0.1, -0.05) is 182 Å². The van der Waals surface area contributed by atoms with Gasteiger partial charge in [0.15, 0.2) is 12.6 Å². The smallest absolute Gasteiger partial charge is 0.305 e. The largest absolute Gasteiger partial charge is 0.466 e. The van der Waals surface area contributed by atoms with Gasteiger partial charge in [-0.15, -0.1) is 0 Å². The number of hydrogen-bond acceptors (Lipinski definition) is 10. The average molecular weight is 955 g/mol.